The van der Waals surface area contributed by atoms with Gasteiger partial charge in [0.1, 0.15) is 0 Å². The summed E-state index contributed by atoms with van der Waals surface area (Å²) in [4.78, 5) is 10.8. The van der Waals surface area contributed by atoms with E-state index in [-0.39, 0.29) is 5.92 Å². The van der Waals surface area contributed by atoms with Crippen LogP contribution in [0.25, 0.3) is 0 Å². The van der Waals surface area contributed by atoms with Crippen molar-refractivity contribution in [1.29, 1.82) is 0 Å². The first-order valence-corrected chi connectivity index (χ1v) is 6.63. The molecule has 0 fully saturated rings. The molecule has 0 aromatic heterocycles. The van der Waals surface area contributed by atoms with Crippen molar-refractivity contribution in [3.05, 3.63) is 35.4 Å². The number of halogens is 3. The molecule has 0 amide bonds. The normalized spacial score (nSPS) is 14.8. The van der Waals surface area contributed by atoms with E-state index in [9.17, 15) is 18.0 Å². The fraction of sp³-hybridized carbons (Fsp3) is 0.533. The number of carboxylic acids is 1. The van der Waals surface area contributed by atoms with Crippen LogP contribution in [0.4, 0.5) is 13.2 Å². The van der Waals surface area contributed by atoms with Crippen LogP contribution in [0.3, 0.4) is 0 Å². The zero-order valence-electron chi connectivity index (χ0n) is 11.6. The average Bonchev–Trinajstić information content (AvgIpc) is 2.37. The molecule has 1 N–H and O–H groups in total. The van der Waals surface area contributed by atoms with Gasteiger partial charge in [-0.05, 0) is 36.5 Å². The van der Waals surface area contributed by atoms with E-state index in [4.69, 9.17) is 5.11 Å². The van der Waals surface area contributed by atoms with Gasteiger partial charge in [-0.25, -0.2) is 0 Å². The Hall–Kier alpha value is -1.52. The molecule has 0 spiro atoms. The molecule has 0 heterocycles. The zero-order valence-corrected chi connectivity index (χ0v) is 11.6. The maximum Gasteiger partial charge on any atom is 0.416 e. The molecule has 20 heavy (non-hydrogen) atoms. The molecule has 2 nitrogen and oxygen atoms in total. The molecule has 1 aromatic rings. The molecule has 1 rings (SSSR count). The van der Waals surface area contributed by atoms with E-state index in [1.807, 2.05) is 6.92 Å². The van der Waals surface area contributed by atoms with Crippen molar-refractivity contribution in [3.8, 4) is 0 Å². The first-order chi connectivity index (χ1) is 9.24. The third-order valence-corrected chi connectivity index (χ3v) is 3.49. The van der Waals surface area contributed by atoms with Crippen molar-refractivity contribution in [2.24, 2.45) is 11.8 Å². The van der Waals surface area contributed by atoms with Crippen LogP contribution in [-0.4, -0.2) is 11.1 Å². The Morgan fingerprint density at radius 1 is 1.25 bits per heavy atom. The largest absolute Gasteiger partial charge is 0.481 e. The van der Waals surface area contributed by atoms with E-state index in [0.29, 0.717) is 12.8 Å². The SMILES string of the molecule is CCC(Cc1ccc(C(F)(F)F)cc1)CC(C)C(=O)O. The van der Waals surface area contributed by atoms with Crippen molar-refractivity contribution in [3.63, 3.8) is 0 Å². The van der Waals surface area contributed by atoms with Crippen LogP contribution in [-0.2, 0) is 17.4 Å². The van der Waals surface area contributed by atoms with Gasteiger partial charge in [-0.3, -0.25) is 4.79 Å². The van der Waals surface area contributed by atoms with E-state index in [0.717, 1.165) is 24.1 Å². The third kappa shape index (κ3) is 4.87. The highest BCUT2D eigenvalue weighted by Gasteiger charge is 2.30. The van der Waals surface area contributed by atoms with Gasteiger partial charge >= 0.3 is 12.1 Å². The van der Waals surface area contributed by atoms with Crippen molar-refractivity contribution in [2.75, 3.05) is 0 Å². The van der Waals surface area contributed by atoms with Gasteiger partial charge in [0.25, 0.3) is 0 Å². The molecular weight excluding hydrogens is 269 g/mol. The molecule has 0 aliphatic heterocycles. The summed E-state index contributed by atoms with van der Waals surface area (Å²) in [6, 6.07) is 5.08. The Kier molecular flexibility index (Phi) is 5.60. The minimum absolute atomic E-state index is 0.165. The molecule has 112 valence electrons. The number of rotatable bonds is 6. The number of benzene rings is 1. The van der Waals surface area contributed by atoms with E-state index in [1.165, 1.54) is 12.1 Å². The Morgan fingerprint density at radius 3 is 2.20 bits per heavy atom. The second kappa shape index (κ2) is 6.77. The molecule has 2 atom stereocenters. The predicted octanol–water partition coefficient (Wildman–Crippen LogP) is 4.38. The molecule has 1 aromatic carbocycles. The van der Waals surface area contributed by atoms with Gasteiger partial charge in [-0.2, -0.15) is 13.2 Å². The van der Waals surface area contributed by atoms with Gasteiger partial charge in [-0.15, -0.1) is 0 Å². The average molecular weight is 288 g/mol. The van der Waals surface area contributed by atoms with Gasteiger partial charge in [-0.1, -0.05) is 32.4 Å². The second-order valence-corrected chi connectivity index (χ2v) is 5.15. The number of aliphatic carboxylic acids is 1. The van der Waals surface area contributed by atoms with Crippen LogP contribution in [0.1, 0.15) is 37.8 Å². The van der Waals surface area contributed by atoms with Crippen LogP contribution in [0, 0.1) is 11.8 Å². The molecule has 0 aliphatic carbocycles. The maximum atomic E-state index is 12.4. The Balaban J connectivity index is 2.69. The van der Waals surface area contributed by atoms with Gasteiger partial charge < -0.3 is 5.11 Å². The third-order valence-electron chi connectivity index (χ3n) is 3.49. The quantitative estimate of drug-likeness (QED) is 0.843. The smallest absolute Gasteiger partial charge is 0.416 e. The van der Waals surface area contributed by atoms with Crippen LogP contribution in [0.5, 0.6) is 0 Å². The first-order valence-electron chi connectivity index (χ1n) is 6.63. The van der Waals surface area contributed by atoms with Gasteiger partial charge in [0, 0.05) is 0 Å². The Bertz CT molecular complexity index is 437. The lowest BCUT2D eigenvalue weighted by Crippen LogP contribution is -2.16. The molecule has 5 heteroatoms. The molecule has 0 saturated heterocycles. The Morgan fingerprint density at radius 2 is 1.80 bits per heavy atom. The standard InChI is InChI=1S/C15H19F3O2/c1-3-11(8-10(2)14(19)20)9-12-4-6-13(7-5-12)15(16,17)18/h4-7,10-11H,3,8-9H2,1-2H3,(H,19,20). The van der Waals surface area contributed by atoms with Crippen molar-refractivity contribution < 1.29 is 23.1 Å². The monoisotopic (exact) mass is 288 g/mol. The van der Waals surface area contributed by atoms with Gasteiger partial charge in [0.05, 0.1) is 11.5 Å². The molecule has 2 unspecified atom stereocenters. The lowest BCUT2D eigenvalue weighted by Gasteiger charge is -2.17. The molecular formula is C15H19F3O2. The highest BCUT2D eigenvalue weighted by atomic mass is 19.4. The van der Waals surface area contributed by atoms with Crippen molar-refractivity contribution in [2.45, 2.75) is 39.3 Å². The number of hydrogen-bond acceptors (Lipinski definition) is 1. The van der Waals surface area contributed by atoms with Crippen LogP contribution in [0.15, 0.2) is 24.3 Å². The summed E-state index contributed by atoms with van der Waals surface area (Å²) in [5, 5.41) is 8.89. The van der Waals surface area contributed by atoms with E-state index in [1.54, 1.807) is 6.92 Å². The summed E-state index contributed by atoms with van der Waals surface area (Å²) in [5.41, 5.74) is 0.149. The number of carbonyl (C=O) groups is 1. The predicted molar refractivity (Wildman–Crippen MR) is 70.3 cm³/mol. The van der Waals surface area contributed by atoms with Gasteiger partial charge in [0.2, 0.25) is 0 Å². The first kappa shape index (κ1) is 16.5. The number of carboxylic acid groups (broad SMARTS) is 1. The van der Waals surface area contributed by atoms with Gasteiger partial charge in [0.15, 0.2) is 0 Å². The maximum absolute atomic E-state index is 12.4. The van der Waals surface area contributed by atoms with Crippen molar-refractivity contribution in [1.82, 2.24) is 0 Å². The van der Waals surface area contributed by atoms with E-state index < -0.39 is 23.6 Å². The van der Waals surface area contributed by atoms with Crippen molar-refractivity contribution >= 4 is 5.97 Å². The highest BCUT2D eigenvalue weighted by Crippen LogP contribution is 2.30. The molecule has 0 aliphatic rings. The molecule has 0 saturated carbocycles. The molecule has 0 bridgehead atoms. The molecule has 0 radical (unpaired) electrons. The van der Waals surface area contributed by atoms with Crippen LogP contribution >= 0.6 is 0 Å². The number of hydrogen-bond donors (Lipinski definition) is 1. The summed E-state index contributed by atoms with van der Waals surface area (Å²) in [7, 11) is 0. The minimum atomic E-state index is -4.32. The fourth-order valence-corrected chi connectivity index (χ4v) is 2.16. The minimum Gasteiger partial charge on any atom is -0.481 e. The lowest BCUT2D eigenvalue weighted by molar-refractivity contribution is -0.141. The zero-order chi connectivity index (χ0) is 15.3. The van der Waals surface area contributed by atoms with Crippen LogP contribution < -0.4 is 0 Å². The summed E-state index contributed by atoms with van der Waals surface area (Å²) in [5.74, 6) is -1.11. The fourth-order valence-electron chi connectivity index (χ4n) is 2.16. The van der Waals surface area contributed by atoms with E-state index in [2.05, 4.69) is 0 Å². The Labute approximate surface area is 116 Å². The lowest BCUT2D eigenvalue weighted by atomic mass is 9.88. The summed E-state index contributed by atoms with van der Waals surface area (Å²) < 4.78 is 37.3. The second-order valence-electron chi connectivity index (χ2n) is 5.15. The van der Waals surface area contributed by atoms with E-state index >= 15 is 0 Å². The van der Waals surface area contributed by atoms with Crippen LogP contribution in [0.2, 0.25) is 0 Å². The summed E-state index contributed by atoms with van der Waals surface area (Å²) in [6.07, 6.45) is -2.38. The summed E-state index contributed by atoms with van der Waals surface area (Å²) >= 11 is 0. The number of alkyl halides is 3. The summed E-state index contributed by atoms with van der Waals surface area (Å²) in [6.45, 7) is 3.61. The highest BCUT2D eigenvalue weighted by molar-refractivity contribution is 5.69. The topological polar surface area (TPSA) is 37.3 Å².